The predicted octanol–water partition coefficient (Wildman–Crippen LogP) is 4.74. The molecule has 3 rings (SSSR count). The van der Waals surface area contributed by atoms with Gasteiger partial charge in [0.15, 0.2) is 0 Å². The molecule has 2 N–H and O–H groups in total. The first kappa shape index (κ1) is 13.2. The zero-order valence-electron chi connectivity index (χ0n) is 11.1. The van der Waals surface area contributed by atoms with Gasteiger partial charge in [-0.25, -0.2) is 0 Å². The first-order chi connectivity index (χ1) is 9.74. The molecule has 0 aliphatic rings. The molecule has 0 spiro atoms. The highest BCUT2D eigenvalue weighted by atomic mass is 35.5. The Morgan fingerprint density at radius 3 is 2.35 bits per heavy atom. The van der Waals surface area contributed by atoms with Gasteiger partial charge in [-0.1, -0.05) is 66.2 Å². The molecule has 0 saturated heterocycles. The van der Waals surface area contributed by atoms with Crippen LogP contribution in [0.15, 0.2) is 66.7 Å². The SMILES string of the molecule is NC(Cc1ccccc1Cl)c1ccc2ccccc2c1. The van der Waals surface area contributed by atoms with Gasteiger partial charge in [-0.05, 0) is 40.5 Å². The zero-order valence-corrected chi connectivity index (χ0v) is 11.8. The van der Waals surface area contributed by atoms with Gasteiger partial charge in [0, 0.05) is 11.1 Å². The fraction of sp³-hybridized carbons (Fsp3) is 0.111. The fourth-order valence-corrected chi connectivity index (χ4v) is 2.67. The lowest BCUT2D eigenvalue weighted by Crippen LogP contribution is -2.13. The topological polar surface area (TPSA) is 26.0 Å². The summed E-state index contributed by atoms with van der Waals surface area (Å²) in [4.78, 5) is 0. The molecule has 0 amide bonds. The molecule has 0 radical (unpaired) electrons. The van der Waals surface area contributed by atoms with Gasteiger partial charge < -0.3 is 5.73 Å². The van der Waals surface area contributed by atoms with Crippen LogP contribution >= 0.6 is 11.6 Å². The second-order valence-corrected chi connectivity index (χ2v) is 5.42. The van der Waals surface area contributed by atoms with Gasteiger partial charge in [-0.3, -0.25) is 0 Å². The number of hydrogen-bond donors (Lipinski definition) is 1. The van der Waals surface area contributed by atoms with E-state index in [0.717, 1.165) is 22.6 Å². The van der Waals surface area contributed by atoms with Gasteiger partial charge >= 0.3 is 0 Å². The Morgan fingerprint density at radius 2 is 1.55 bits per heavy atom. The summed E-state index contributed by atoms with van der Waals surface area (Å²) in [7, 11) is 0. The van der Waals surface area contributed by atoms with Gasteiger partial charge in [0.1, 0.15) is 0 Å². The van der Waals surface area contributed by atoms with Crippen LogP contribution in [0.25, 0.3) is 10.8 Å². The maximum Gasteiger partial charge on any atom is 0.0438 e. The lowest BCUT2D eigenvalue weighted by molar-refractivity contribution is 0.723. The number of nitrogens with two attached hydrogens (primary N) is 1. The van der Waals surface area contributed by atoms with E-state index in [1.165, 1.54) is 10.8 Å². The van der Waals surface area contributed by atoms with Crippen molar-refractivity contribution in [3.05, 3.63) is 82.9 Å². The maximum atomic E-state index is 6.33. The molecule has 0 aliphatic carbocycles. The van der Waals surface area contributed by atoms with E-state index >= 15 is 0 Å². The number of rotatable bonds is 3. The van der Waals surface area contributed by atoms with Crippen molar-refractivity contribution in [2.75, 3.05) is 0 Å². The molecule has 20 heavy (non-hydrogen) atoms. The van der Waals surface area contributed by atoms with Crippen molar-refractivity contribution in [1.82, 2.24) is 0 Å². The summed E-state index contributed by atoms with van der Waals surface area (Å²) >= 11 is 6.20. The molecule has 0 saturated carbocycles. The number of fused-ring (bicyclic) bond motifs is 1. The Bertz CT molecular complexity index is 736. The third-order valence-corrected chi connectivity index (χ3v) is 3.97. The molecule has 1 atom stereocenters. The summed E-state index contributed by atoms with van der Waals surface area (Å²) in [5, 5.41) is 3.24. The van der Waals surface area contributed by atoms with E-state index in [9.17, 15) is 0 Å². The highest BCUT2D eigenvalue weighted by Crippen LogP contribution is 2.24. The molecule has 0 bridgehead atoms. The molecular weight excluding hydrogens is 266 g/mol. The summed E-state index contributed by atoms with van der Waals surface area (Å²) in [6.07, 6.45) is 0.748. The fourth-order valence-electron chi connectivity index (χ4n) is 2.46. The Hall–Kier alpha value is -1.83. The van der Waals surface area contributed by atoms with Gasteiger partial charge in [-0.15, -0.1) is 0 Å². The molecule has 0 aliphatic heterocycles. The van der Waals surface area contributed by atoms with Gasteiger partial charge in [0.2, 0.25) is 0 Å². The van der Waals surface area contributed by atoms with Crippen LogP contribution in [0.4, 0.5) is 0 Å². The van der Waals surface area contributed by atoms with Crippen molar-refractivity contribution in [1.29, 1.82) is 0 Å². The number of benzene rings is 3. The minimum absolute atomic E-state index is 0.0421. The van der Waals surface area contributed by atoms with E-state index in [-0.39, 0.29) is 6.04 Å². The van der Waals surface area contributed by atoms with Crippen molar-refractivity contribution in [3.63, 3.8) is 0 Å². The second-order valence-electron chi connectivity index (χ2n) is 5.01. The molecule has 3 aromatic rings. The molecular formula is C18H16ClN. The van der Waals surface area contributed by atoms with Crippen molar-refractivity contribution < 1.29 is 0 Å². The summed E-state index contributed by atoms with van der Waals surface area (Å²) in [5.41, 5.74) is 8.56. The molecule has 3 aromatic carbocycles. The highest BCUT2D eigenvalue weighted by Gasteiger charge is 2.09. The van der Waals surface area contributed by atoms with E-state index in [2.05, 4.69) is 30.3 Å². The van der Waals surface area contributed by atoms with Crippen LogP contribution in [-0.2, 0) is 6.42 Å². The minimum Gasteiger partial charge on any atom is -0.324 e. The van der Waals surface area contributed by atoms with Crippen molar-refractivity contribution in [3.8, 4) is 0 Å². The van der Waals surface area contributed by atoms with E-state index in [4.69, 9.17) is 17.3 Å². The minimum atomic E-state index is -0.0421. The van der Waals surface area contributed by atoms with E-state index in [0.29, 0.717) is 0 Å². The Kier molecular flexibility index (Phi) is 3.72. The molecule has 0 fully saturated rings. The average molecular weight is 282 g/mol. The number of halogens is 1. The van der Waals surface area contributed by atoms with E-state index in [1.807, 2.05) is 36.4 Å². The normalized spacial score (nSPS) is 12.5. The first-order valence-corrected chi connectivity index (χ1v) is 7.09. The zero-order chi connectivity index (χ0) is 13.9. The Labute approximate surface area is 124 Å². The molecule has 2 heteroatoms. The van der Waals surface area contributed by atoms with Crippen LogP contribution in [0.1, 0.15) is 17.2 Å². The van der Waals surface area contributed by atoms with E-state index < -0.39 is 0 Å². The lowest BCUT2D eigenvalue weighted by Gasteiger charge is -2.14. The van der Waals surface area contributed by atoms with Gasteiger partial charge in [-0.2, -0.15) is 0 Å². The summed E-state index contributed by atoms with van der Waals surface area (Å²) in [6, 6.07) is 22.5. The summed E-state index contributed by atoms with van der Waals surface area (Å²) in [6.45, 7) is 0. The third-order valence-electron chi connectivity index (χ3n) is 3.60. The third kappa shape index (κ3) is 2.69. The van der Waals surface area contributed by atoms with Gasteiger partial charge in [0.05, 0.1) is 0 Å². The average Bonchev–Trinajstić information content (AvgIpc) is 2.49. The smallest absolute Gasteiger partial charge is 0.0438 e. The monoisotopic (exact) mass is 281 g/mol. The van der Waals surface area contributed by atoms with Crippen LogP contribution in [0.2, 0.25) is 5.02 Å². The van der Waals surface area contributed by atoms with Crippen molar-refractivity contribution in [2.45, 2.75) is 12.5 Å². The predicted molar refractivity (Wildman–Crippen MR) is 86.0 cm³/mol. The van der Waals surface area contributed by atoms with Crippen molar-refractivity contribution >= 4 is 22.4 Å². The summed E-state index contributed by atoms with van der Waals surface area (Å²) in [5.74, 6) is 0. The molecule has 1 unspecified atom stereocenters. The van der Waals surface area contributed by atoms with Gasteiger partial charge in [0.25, 0.3) is 0 Å². The van der Waals surface area contributed by atoms with Crippen LogP contribution in [0, 0.1) is 0 Å². The first-order valence-electron chi connectivity index (χ1n) is 6.72. The van der Waals surface area contributed by atoms with Crippen LogP contribution < -0.4 is 5.73 Å². The van der Waals surface area contributed by atoms with Crippen LogP contribution in [0.3, 0.4) is 0 Å². The van der Waals surface area contributed by atoms with Crippen molar-refractivity contribution in [2.24, 2.45) is 5.73 Å². The highest BCUT2D eigenvalue weighted by molar-refractivity contribution is 6.31. The Balaban J connectivity index is 1.89. The van der Waals surface area contributed by atoms with E-state index in [1.54, 1.807) is 0 Å². The maximum absolute atomic E-state index is 6.33. The van der Waals surface area contributed by atoms with Crippen LogP contribution in [-0.4, -0.2) is 0 Å². The Morgan fingerprint density at radius 1 is 0.850 bits per heavy atom. The molecule has 0 aromatic heterocycles. The largest absolute Gasteiger partial charge is 0.324 e. The standard InChI is InChI=1S/C18H16ClN/c19-17-8-4-3-7-15(17)12-18(20)16-10-9-13-5-1-2-6-14(13)11-16/h1-11,18H,12,20H2. The number of hydrogen-bond acceptors (Lipinski definition) is 1. The molecule has 100 valence electrons. The molecule has 1 nitrogen and oxygen atoms in total. The lowest BCUT2D eigenvalue weighted by atomic mass is 9.97. The quantitative estimate of drug-likeness (QED) is 0.737. The molecule has 0 heterocycles. The van der Waals surface area contributed by atoms with Crippen LogP contribution in [0.5, 0.6) is 0 Å². The second kappa shape index (κ2) is 5.66. The summed E-state index contributed by atoms with van der Waals surface area (Å²) < 4.78 is 0.